The third-order valence-corrected chi connectivity index (χ3v) is 4.91. The summed E-state index contributed by atoms with van der Waals surface area (Å²) in [6, 6.07) is 4.72. The average Bonchev–Trinajstić information content (AvgIpc) is 3.02. The predicted octanol–water partition coefficient (Wildman–Crippen LogP) is 2.87. The molecule has 1 aliphatic heterocycles. The Labute approximate surface area is 123 Å². The summed E-state index contributed by atoms with van der Waals surface area (Å²) in [5, 5.41) is 3.73. The fraction of sp³-hybridized carbons (Fsp3) is 0.706. The van der Waals surface area contributed by atoms with Crippen molar-refractivity contribution in [2.45, 2.75) is 58.0 Å². The van der Waals surface area contributed by atoms with Crippen molar-refractivity contribution in [3.8, 4) is 0 Å². The standard InChI is InChI=1S/C17H29N3/c1-4-17(3,20-11-6-7-12-20)16(19-5-2)13-15-9-8-10-18-14-15/h8-10,14,16,19H,4-7,11-13H2,1-3H3. The molecule has 0 radical (unpaired) electrons. The van der Waals surface area contributed by atoms with Gasteiger partial charge in [0.05, 0.1) is 0 Å². The van der Waals surface area contributed by atoms with Gasteiger partial charge in [-0.05, 0) is 63.9 Å². The van der Waals surface area contributed by atoms with Gasteiger partial charge in [0.2, 0.25) is 0 Å². The molecule has 0 saturated carbocycles. The third kappa shape index (κ3) is 3.39. The van der Waals surface area contributed by atoms with Crippen LogP contribution in [0.4, 0.5) is 0 Å². The molecule has 2 rings (SSSR count). The van der Waals surface area contributed by atoms with Gasteiger partial charge in [-0.25, -0.2) is 0 Å². The minimum atomic E-state index is 0.238. The number of nitrogens with zero attached hydrogens (tertiary/aromatic N) is 2. The molecule has 112 valence electrons. The maximum Gasteiger partial charge on any atom is 0.0335 e. The predicted molar refractivity (Wildman–Crippen MR) is 84.9 cm³/mol. The second-order valence-electron chi connectivity index (χ2n) is 6.08. The van der Waals surface area contributed by atoms with E-state index in [4.69, 9.17) is 0 Å². The van der Waals surface area contributed by atoms with Crippen molar-refractivity contribution in [3.63, 3.8) is 0 Å². The Morgan fingerprint density at radius 1 is 1.35 bits per heavy atom. The van der Waals surface area contributed by atoms with Crippen LogP contribution in [0.15, 0.2) is 24.5 Å². The molecular weight excluding hydrogens is 246 g/mol. The van der Waals surface area contributed by atoms with E-state index in [1.165, 1.54) is 37.9 Å². The molecule has 3 heteroatoms. The quantitative estimate of drug-likeness (QED) is 0.829. The normalized spacial score (nSPS) is 20.8. The lowest BCUT2D eigenvalue weighted by Crippen LogP contribution is -2.59. The molecule has 0 amide bonds. The zero-order valence-electron chi connectivity index (χ0n) is 13.2. The Morgan fingerprint density at radius 3 is 2.65 bits per heavy atom. The van der Waals surface area contributed by atoms with Crippen LogP contribution in [-0.2, 0) is 6.42 Å². The molecule has 1 N–H and O–H groups in total. The molecule has 0 aliphatic carbocycles. The molecule has 20 heavy (non-hydrogen) atoms. The molecule has 0 aromatic carbocycles. The summed E-state index contributed by atoms with van der Waals surface area (Å²) in [6.07, 6.45) is 8.80. The lowest BCUT2D eigenvalue weighted by atomic mass is 9.84. The summed E-state index contributed by atoms with van der Waals surface area (Å²) in [7, 11) is 0. The monoisotopic (exact) mass is 275 g/mol. The van der Waals surface area contributed by atoms with E-state index in [0.717, 1.165) is 13.0 Å². The van der Waals surface area contributed by atoms with Crippen molar-refractivity contribution in [2.75, 3.05) is 19.6 Å². The summed E-state index contributed by atoms with van der Waals surface area (Å²) in [6.45, 7) is 10.5. The maximum atomic E-state index is 4.26. The fourth-order valence-corrected chi connectivity index (χ4v) is 3.43. The first-order valence-corrected chi connectivity index (χ1v) is 8.08. The molecule has 0 spiro atoms. The molecule has 1 aromatic rings. The van der Waals surface area contributed by atoms with Crippen LogP contribution in [0.5, 0.6) is 0 Å². The van der Waals surface area contributed by atoms with Gasteiger partial charge in [-0.3, -0.25) is 9.88 Å². The number of hydrogen-bond donors (Lipinski definition) is 1. The highest BCUT2D eigenvalue weighted by Gasteiger charge is 2.38. The van der Waals surface area contributed by atoms with Crippen molar-refractivity contribution >= 4 is 0 Å². The molecule has 1 saturated heterocycles. The van der Waals surface area contributed by atoms with Crippen molar-refractivity contribution in [1.82, 2.24) is 15.2 Å². The van der Waals surface area contributed by atoms with Crippen LogP contribution < -0.4 is 5.32 Å². The minimum Gasteiger partial charge on any atom is -0.312 e. The highest BCUT2D eigenvalue weighted by Crippen LogP contribution is 2.29. The van der Waals surface area contributed by atoms with Crippen molar-refractivity contribution < 1.29 is 0 Å². The first-order valence-electron chi connectivity index (χ1n) is 8.08. The Kier molecular flexibility index (Phi) is 5.55. The van der Waals surface area contributed by atoms with Gasteiger partial charge < -0.3 is 5.32 Å². The van der Waals surface area contributed by atoms with E-state index >= 15 is 0 Å². The number of likely N-dealkylation sites (N-methyl/N-ethyl adjacent to an activating group) is 1. The Bertz CT molecular complexity index is 386. The molecule has 1 aromatic heterocycles. The van der Waals surface area contributed by atoms with E-state index in [9.17, 15) is 0 Å². The minimum absolute atomic E-state index is 0.238. The summed E-state index contributed by atoms with van der Waals surface area (Å²) >= 11 is 0. The molecule has 0 bridgehead atoms. The van der Waals surface area contributed by atoms with E-state index in [1.807, 2.05) is 18.5 Å². The van der Waals surface area contributed by atoms with E-state index < -0.39 is 0 Å². The van der Waals surface area contributed by atoms with Crippen LogP contribution in [0.3, 0.4) is 0 Å². The first-order chi connectivity index (χ1) is 9.70. The van der Waals surface area contributed by atoms with Gasteiger partial charge in [0, 0.05) is 24.0 Å². The van der Waals surface area contributed by atoms with Crippen LogP contribution in [0.2, 0.25) is 0 Å². The first kappa shape index (κ1) is 15.5. The van der Waals surface area contributed by atoms with Gasteiger partial charge in [-0.2, -0.15) is 0 Å². The van der Waals surface area contributed by atoms with Gasteiger partial charge in [0.1, 0.15) is 0 Å². The average molecular weight is 275 g/mol. The summed E-state index contributed by atoms with van der Waals surface area (Å²) in [5.41, 5.74) is 1.57. The molecule has 2 atom stereocenters. The van der Waals surface area contributed by atoms with Crippen molar-refractivity contribution in [2.24, 2.45) is 0 Å². The highest BCUT2D eigenvalue weighted by atomic mass is 15.2. The van der Waals surface area contributed by atoms with Crippen LogP contribution in [0, 0.1) is 0 Å². The van der Waals surface area contributed by atoms with E-state index in [0.29, 0.717) is 6.04 Å². The Balaban J connectivity index is 2.16. The van der Waals surface area contributed by atoms with Gasteiger partial charge >= 0.3 is 0 Å². The zero-order valence-corrected chi connectivity index (χ0v) is 13.2. The number of pyridine rings is 1. The van der Waals surface area contributed by atoms with Crippen LogP contribution >= 0.6 is 0 Å². The molecule has 1 aliphatic rings. The number of likely N-dealkylation sites (tertiary alicyclic amines) is 1. The van der Waals surface area contributed by atoms with Gasteiger partial charge in [-0.15, -0.1) is 0 Å². The Morgan fingerprint density at radius 2 is 2.10 bits per heavy atom. The summed E-state index contributed by atoms with van der Waals surface area (Å²) in [4.78, 5) is 6.95. The van der Waals surface area contributed by atoms with Crippen LogP contribution in [-0.4, -0.2) is 41.1 Å². The van der Waals surface area contributed by atoms with Crippen molar-refractivity contribution in [1.29, 1.82) is 0 Å². The lowest BCUT2D eigenvalue weighted by Gasteiger charge is -2.45. The molecule has 1 fully saturated rings. The van der Waals surface area contributed by atoms with Crippen molar-refractivity contribution in [3.05, 3.63) is 30.1 Å². The lowest BCUT2D eigenvalue weighted by molar-refractivity contribution is 0.0847. The molecule has 2 unspecified atom stereocenters. The SMILES string of the molecule is CCNC(Cc1cccnc1)C(C)(CC)N1CCCC1. The smallest absolute Gasteiger partial charge is 0.0335 e. The largest absolute Gasteiger partial charge is 0.312 e. The Hall–Kier alpha value is -0.930. The van der Waals surface area contributed by atoms with Gasteiger partial charge in [0.15, 0.2) is 0 Å². The second kappa shape index (κ2) is 7.19. The summed E-state index contributed by atoms with van der Waals surface area (Å²) < 4.78 is 0. The number of rotatable bonds is 7. The summed E-state index contributed by atoms with van der Waals surface area (Å²) in [5.74, 6) is 0. The maximum absolute atomic E-state index is 4.26. The highest BCUT2D eigenvalue weighted by molar-refractivity contribution is 5.13. The van der Waals surface area contributed by atoms with Crippen LogP contribution in [0.25, 0.3) is 0 Å². The number of nitrogens with one attached hydrogen (secondary N) is 1. The number of aromatic nitrogens is 1. The van der Waals surface area contributed by atoms with E-state index in [2.05, 4.69) is 42.0 Å². The number of hydrogen-bond acceptors (Lipinski definition) is 3. The topological polar surface area (TPSA) is 28.2 Å². The van der Waals surface area contributed by atoms with E-state index in [1.54, 1.807) is 0 Å². The van der Waals surface area contributed by atoms with E-state index in [-0.39, 0.29) is 5.54 Å². The van der Waals surface area contributed by atoms with Gasteiger partial charge in [-0.1, -0.05) is 19.9 Å². The van der Waals surface area contributed by atoms with Crippen LogP contribution in [0.1, 0.15) is 45.6 Å². The second-order valence-corrected chi connectivity index (χ2v) is 6.08. The van der Waals surface area contributed by atoms with Gasteiger partial charge in [0.25, 0.3) is 0 Å². The third-order valence-electron chi connectivity index (χ3n) is 4.91. The molecular formula is C17H29N3. The zero-order chi connectivity index (χ0) is 14.4. The molecule has 2 heterocycles. The molecule has 3 nitrogen and oxygen atoms in total. The fourth-order valence-electron chi connectivity index (χ4n) is 3.43.